The first-order valence-corrected chi connectivity index (χ1v) is 10.7. The van der Waals surface area contributed by atoms with E-state index in [0.29, 0.717) is 33.5 Å². The number of aromatic amines is 1. The topological polar surface area (TPSA) is 101 Å². The Bertz CT molecular complexity index is 1600. The Hall–Kier alpha value is -3.56. The Morgan fingerprint density at radius 1 is 1.15 bits per heavy atom. The van der Waals surface area contributed by atoms with Crippen LogP contribution in [0.4, 0.5) is 10.2 Å². The molecule has 33 heavy (non-hydrogen) atoms. The lowest BCUT2D eigenvalue weighted by molar-refractivity contribution is 0.629. The number of H-pyrrole nitrogens is 1. The van der Waals surface area contributed by atoms with Crippen LogP contribution in [0.25, 0.3) is 27.8 Å². The van der Waals surface area contributed by atoms with Gasteiger partial charge in [0, 0.05) is 5.02 Å². The zero-order valence-electron chi connectivity index (χ0n) is 17.4. The minimum absolute atomic E-state index is 0.0118. The number of aromatic nitrogens is 6. The van der Waals surface area contributed by atoms with Crippen LogP contribution in [0.3, 0.4) is 0 Å². The highest BCUT2D eigenvalue weighted by Gasteiger charge is 2.22. The first-order valence-electron chi connectivity index (χ1n) is 9.93. The number of hydrogen-bond acceptors (Lipinski definition) is 6. The molecule has 0 aliphatic heterocycles. The van der Waals surface area contributed by atoms with Crippen LogP contribution in [-0.4, -0.2) is 29.5 Å². The summed E-state index contributed by atoms with van der Waals surface area (Å²) in [7, 11) is 0. The van der Waals surface area contributed by atoms with E-state index in [9.17, 15) is 9.18 Å². The zero-order valence-corrected chi connectivity index (χ0v) is 18.9. The van der Waals surface area contributed by atoms with Crippen molar-refractivity contribution in [2.75, 3.05) is 5.32 Å². The van der Waals surface area contributed by atoms with E-state index in [1.807, 2.05) is 13.8 Å². The Morgan fingerprint density at radius 2 is 1.97 bits per heavy atom. The largest absolute Gasteiger partial charge is 0.358 e. The SMILES string of the molecule is Cc1ccc(-n2c(C(C)Nc3ncnc4nc[nH]c34)nc3ccc(F)c(Cl)c3c2=O)cc1Cl. The van der Waals surface area contributed by atoms with E-state index < -0.39 is 17.4 Å². The number of imidazole rings is 1. The molecule has 2 N–H and O–H groups in total. The van der Waals surface area contributed by atoms with Crippen LogP contribution < -0.4 is 10.9 Å². The van der Waals surface area contributed by atoms with E-state index in [-0.39, 0.29) is 15.9 Å². The van der Waals surface area contributed by atoms with Crippen molar-refractivity contribution >= 4 is 51.1 Å². The number of benzene rings is 2. The van der Waals surface area contributed by atoms with Crippen LogP contribution >= 0.6 is 23.2 Å². The van der Waals surface area contributed by atoms with E-state index in [4.69, 9.17) is 23.2 Å². The number of halogens is 3. The summed E-state index contributed by atoms with van der Waals surface area (Å²) < 4.78 is 15.6. The Kier molecular flexibility index (Phi) is 5.22. The fraction of sp³-hybridized carbons (Fsp3) is 0.136. The highest BCUT2D eigenvalue weighted by Crippen LogP contribution is 2.28. The number of nitrogens with one attached hydrogen (secondary N) is 2. The van der Waals surface area contributed by atoms with Crippen molar-refractivity contribution in [3.63, 3.8) is 0 Å². The van der Waals surface area contributed by atoms with Gasteiger partial charge >= 0.3 is 0 Å². The molecule has 2 aromatic carbocycles. The maximum atomic E-state index is 14.2. The van der Waals surface area contributed by atoms with Gasteiger partial charge in [-0.25, -0.2) is 24.3 Å². The molecule has 166 valence electrons. The average molecular weight is 484 g/mol. The summed E-state index contributed by atoms with van der Waals surface area (Å²) in [6.45, 7) is 3.69. The first-order chi connectivity index (χ1) is 15.8. The monoisotopic (exact) mass is 483 g/mol. The van der Waals surface area contributed by atoms with Crippen LogP contribution in [0, 0.1) is 12.7 Å². The van der Waals surface area contributed by atoms with Crippen molar-refractivity contribution in [1.82, 2.24) is 29.5 Å². The Morgan fingerprint density at radius 3 is 2.76 bits per heavy atom. The molecule has 0 bridgehead atoms. The van der Waals surface area contributed by atoms with Gasteiger partial charge in [0.05, 0.1) is 34.0 Å². The normalized spacial score (nSPS) is 12.4. The summed E-state index contributed by atoms with van der Waals surface area (Å²) >= 11 is 12.5. The van der Waals surface area contributed by atoms with E-state index in [1.54, 1.807) is 18.2 Å². The van der Waals surface area contributed by atoms with Crippen LogP contribution in [0.2, 0.25) is 10.0 Å². The van der Waals surface area contributed by atoms with Gasteiger partial charge in [-0.1, -0.05) is 29.3 Å². The molecule has 0 amide bonds. The third-order valence-corrected chi connectivity index (χ3v) is 6.11. The van der Waals surface area contributed by atoms with Gasteiger partial charge in [0.2, 0.25) is 0 Å². The van der Waals surface area contributed by atoms with Gasteiger partial charge in [-0.3, -0.25) is 9.36 Å². The smallest absolute Gasteiger partial charge is 0.267 e. The minimum Gasteiger partial charge on any atom is -0.358 e. The van der Waals surface area contributed by atoms with Crippen molar-refractivity contribution in [3.8, 4) is 5.69 Å². The predicted octanol–water partition coefficient (Wildman–Crippen LogP) is 4.98. The predicted molar refractivity (Wildman–Crippen MR) is 126 cm³/mol. The minimum atomic E-state index is -0.696. The van der Waals surface area contributed by atoms with Crippen LogP contribution in [0.1, 0.15) is 24.4 Å². The zero-order chi connectivity index (χ0) is 23.3. The summed E-state index contributed by atoms with van der Waals surface area (Å²) in [5, 5.41) is 3.44. The van der Waals surface area contributed by atoms with Crippen molar-refractivity contribution in [3.05, 3.63) is 80.6 Å². The second kappa shape index (κ2) is 8.09. The quantitative estimate of drug-likeness (QED) is 0.373. The second-order valence-corrected chi connectivity index (χ2v) is 8.27. The maximum Gasteiger partial charge on any atom is 0.267 e. The lowest BCUT2D eigenvalue weighted by Crippen LogP contribution is -2.28. The van der Waals surface area contributed by atoms with Crippen LogP contribution in [0.5, 0.6) is 0 Å². The first kappa shape index (κ1) is 21.3. The number of aryl methyl sites for hydroxylation is 1. The molecule has 0 fully saturated rings. The summed E-state index contributed by atoms with van der Waals surface area (Å²) in [6.07, 6.45) is 2.91. The van der Waals surface area contributed by atoms with Crippen molar-refractivity contribution < 1.29 is 4.39 Å². The van der Waals surface area contributed by atoms with Crippen molar-refractivity contribution in [1.29, 1.82) is 0 Å². The molecule has 1 unspecified atom stereocenters. The maximum absolute atomic E-state index is 14.2. The lowest BCUT2D eigenvalue weighted by atomic mass is 10.1. The highest BCUT2D eigenvalue weighted by atomic mass is 35.5. The van der Waals surface area contributed by atoms with E-state index in [2.05, 4.69) is 30.2 Å². The molecule has 5 rings (SSSR count). The molecule has 0 aliphatic rings. The third-order valence-electron chi connectivity index (χ3n) is 5.33. The number of anilines is 1. The van der Waals surface area contributed by atoms with Gasteiger partial charge in [0.25, 0.3) is 5.56 Å². The average Bonchev–Trinajstić information content (AvgIpc) is 3.28. The molecular formula is C22H16Cl2FN7O. The molecule has 0 saturated heterocycles. The van der Waals surface area contributed by atoms with Gasteiger partial charge in [-0.15, -0.1) is 0 Å². The molecule has 5 aromatic rings. The van der Waals surface area contributed by atoms with E-state index in [1.165, 1.54) is 29.4 Å². The third kappa shape index (κ3) is 3.59. The second-order valence-electron chi connectivity index (χ2n) is 7.49. The molecule has 3 aromatic heterocycles. The van der Waals surface area contributed by atoms with Gasteiger partial charge in [0.1, 0.15) is 23.5 Å². The fourth-order valence-electron chi connectivity index (χ4n) is 3.63. The molecule has 11 heteroatoms. The number of hydrogen-bond donors (Lipinski definition) is 2. The standard InChI is InChI=1S/C22H16Cl2FN7O/c1-10-3-4-12(7-13(10)23)32-21(31-15-6-5-14(25)17(24)16(15)22(32)33)11(2)30-20-18-19(27-8-26-18)28-9-29-20/h3-9,11H,1-2H3,(H2,26,27,28,29,30). The van der Waals surface area contributed by atoms with Crippen LogP contribution in [0.15, 0.2) is 47.8 Å². The summed E-state index contributed by atoms with van der Waals surface area (Å²) in [5.41, 5.74) is 2.20. The van der Waals surface area contributed by atoms with E-state index in [0.717, 1.165) is 5.56 Å². The van der Waals surface area contributed by atoms with Crippen molar-refractivity contribution in [2.45, 2.75) is 19.9 Å². The van der Waals surface area contributed by atoms with Crippen LogP contribution in [-0.2, 0) is 0 Å². The van der Waals surface area contributed by atoms with Gasteiger partial charge in [0.15, 0.2) is 11.5 Å². The number of nitrogens with zero attached hydrogens (tertiary/aromatic N) is 5. The van der Waals surface area contributed by atoms with E-state index >= 15 is 0 Å². The fourth-order valence-corrected chi connectivity index (χ4v) is 4.05. The van der Waals surface area contributed by atoms with Gasteiger partial charge in [-0.05, 0) is 43.7 Å². The summed E-state index contributed by atoms with van der Waals surface area (Å²) in [6, 6.07) is 7.31. The molecule has 8 nitrogen and oxygen atoms in total. The molecule has 0 saturated carbocycles. The molecule has 3 heterocycles. The Labute approximate surface area is 196 Å². The van der Waals surface area contributed by atoms with Gasteiger partial charge < -0.3 is 10.3 Å². The lowest BCUT2D eigenvalue weighted by Gasteiger charge is -2.21. The molecule has 1 atom stereocenters. The summed E-state index contributed by atoms with van der Waals surface area (Å²) in [4.78, 5) is 33.8. The number of rotatable bonds is 4. The number of fused-ring (bicyclic) bond motifs is 2. The molecule has 0 spiro atoms. The summed E-state index contributed by atoms with van der Waals surface area (Å²) in [5.74, 6) is 0.157. The highest BCUT2D eigenvalue weighted by molar-refractivity contribution is 6.35. The molecule has 0 aliphatic carbocycles. The van der Waals surface area contributed by atoms with Crippen molar-refractivity contribution in [2.24, 2.45) is 0 Å². The molecule has 0 radical (unpaired) electrons. The van der Waals surface area contributed by atoms with Gasteiger partial charge in [-0.2, -0.15) is 0 Å². The Balaban J connectivity index is 1.74. The molecular weight excluding hydrogens is 468 g/mol.